The van der Waals surface area contributed by atoms with Gasteiger partial charge in [0, 0.05) is 18.4 Å². The minimum atomic E-state index is -0.152. The van der Waals surface area contributed by atoms with Crippen LogP contribution in [0.3, 0.4) is 0 Å². The van der Waals surface area contributed by atoms with Crippen LogP contribution in [0, 0.1) is 0 Å². The smallest absolute Gasteiger partial charge is 0.237 e. The molecule has 1 amide bonds. The molecule has 0 saturated carbocycles. The average molecular weight is 249 g/mol. The molecule has 2 unspecified atom stereocenters. The molecule has 2 N–H and O–H groups in total. The van der Waals surface area contributed by atoms with Crippen molar-refractivity contribution in [2.24, 2.45) is 0 Å². The van der Waals surface area contributed by atoms with Crippen molar-refractivity contribution < 1.29 is 4.79 Å². The SMILES string of the molecule is CCC(C)NC(=O)C(C)NCCc1ccncc1. The summed E-state index contributed by atoms with van der Waals surface area (Å²) in [5.74, 6) is 0.0686. The Bertz CT molecular complexity index is 353. The Morgan fingerprint density at radius 3 is 2.61 bits per heavy atom. The quantitative estimate of drug-likeness (QED) is 0.770. The van der Waals surface area contributed by atoms with E-state index >= 15 is 0 Å². The topological polar surface area (TPSA) is 54.0 Å². The first-order valence-corrected chi connectivity index (χ1v) is 6.56. The zero-order valence-corrected chi connectivity index (χ0v) is 11.4. The van der Waals surface area contributed by atoms with Crippen molar-refractivity contribution in [3.63, 3.8) is 0 Å². The number of amides is 1. The Labute approximate surface area is 109 Å². The number of nitrogens with one attached hydrogen (secondary N) is 2. The van der Waals surface area contributed by atoms with Gasteiger partial charge in [-0.1, -0.05) is 6.92 Å². The Morgan fingerprint density at radius 1 is 1.33 bits per heavy atom. The molecule has 0 fully saturated rings. The highest BCUT2D eigenvalue weighted by atomic mass is 16.2. The third-order valence-corrected chi connectivity index (χ3v) is 3.01. The highest BCUT2D eigenvalue weighted by Gasteiger charge is 2.13. The highest BCUT2D eigenvalue weighted by Crippen LogP contribution is 1.97. The van der Waals surface area contributed by atoms with Crippen LogP contribution in [0.25, 0.3) is 0 Å². The molecule has 0 aliphatic carbocycles. The first-order valence-electron chi connectivity index (χ1n) is 6.56. The van der Waals surface area contributed by atoms with E-state index in [0.717, 1.165) is 19.4 Å². The lowest BCUT2D eigenvalue weighted by atomic mass is 10.2. The zero-order chi connectivity index (χ0) is 13.4. The predicted molar refractivity (Wildman–Crippen MR) is 73.3 cm³/mol. The van der Waals surface area contributed by atoms with Gasteiger partial charge in [-0.15, -0.1) is 0 Å². The average Bonchev–Trinajstić information content (AvgIpc) is 2.39. The molecule has 0 aliphatic rings. The fourth-order valence-electron chi connectivity index (χ4n) is 1.55. The molecule has 0 aliphatic heterocycles. The van der Waals surface area contributed by atoms with Crippen LogP contribution in [0.5, 0.6) is 0 Å². The first-order chi connectivity index (χ1) is 8.63. The van der Waals surface area contributed by atoms with Gasteiger partial charge in [-0.2, -0.15) is 0 Å². The molecule has 1 aromatic rings. The van der Waals surface area contributed by atoms with Gasteiger partial charge in [0.1, 0.15) is 0 Å². The molecule has 1 heterocycles. The van der Waals surface area contributed by atoms with E-state index in [9.17, 15) is 4.79 Å². The number of aromatic nitrogens is 1. The van der Waals surface area contributed by atoms with Crippen molar-refractivity contribution in [1.29, 1.82) is 0 Å². The van der Waals surface area contributed by atoms with Crippen molar-refractivity contribution in [3.05, 3.63) is 30.1 Å². The Balaban J connectivity index is 2.24. The highest BCUT2D eigenvalue weighted by molar-refractivity contribution is 5.81. The van der Waals surface area contributed by atoms with Gasteiger partial charge >= 0.3 is 0 Å². The summed E-state index contributed by atoms with van der Waals surface area (Å²) in [5.41, 5.74) is 1.23. The number of carbonyl (C=O) groups is 1. The summed E-state index contributed by atoms with van der Waals surface area (Å²) in [6.45, 7) is 6.76. The minimum absolute atomic E-state index is 0.0686. The molecule has 100 valence electrons. The first kappa shape index (κ1) is 14.6. The molecule has 0 saturated heterocycles. The molecule has 0 bridgehead atoms. The molecular formula is C14H23N3O. The van der Waals surface area contributed by atoms with Crippen LogP contribution in [-0.4, -0.2) is 29.5 Å². The molecule has 4 nitrogen and oxygen atoms in total. The fourth-order valence-corrected chi connectivity index (χ4v) is 1.55. The lowest BCUT2D eigenvalue weighted by Crippen LogP contribution is -2.45. The van der Waals surface area contributed by atoms with Crippen LogP contribution in [0.4, 0.5) is 0 Å². The number of rotatable bonds is 7. The number of hydrogen-bond acceptors (Lipinski definition) is 3. The standard InChI is InChI=1S/C14H23N3O/c1-4-11(2)17-14(18)12(3)16-10-7-13-5-8-15-9-6-13/h5-6,8-9,11-12,16H,4,7,10H2,1-3H3,(H,17,18). The third-order valence-electron chi connectivity index (χ3n) is 3.01. The van der Waals surface area contributed by atoms with E-state index in [1.807, 2.05) is 26.0 Å². The monoisotopic (exact) mass is 249 g/mol. The molecule has 0 radical (unpaired) electrons. The van der Waals surface area contributed by atoms with Gasteiger partial charge in [-0.05, 0) is 50.9 Å². The summed E-state index contributed by atoms with van der Waals surface area (Å²) in [4.78, 5) is 15.7. The fraction of sp³-hybridized carbons (Fsp3) is 0.571. The molecule has 4 heteroatoms. The maximum atomic E-state index is 11.8. The lowest BCUT2D eigenvalue weighted by molar-refractivity contribution is -0.123. The summed E-state index contributed by atoms with van der Waals surface area (Å²) in [5, 5.41) is 6.19. The van der Waals surface area contributed by atoms with Gasteiger partial charge in [0.15, 0.2) is 0 Å². The van der Waals surface area contributed by atoms with Gasteiger partial charge in [0.05, 0.1) is 6.04 Å². The molecule has 1 aromatic heterocycles. The second-order valence-corrected chi connectivity index (χ2v) is 4.60. The predicted octanol–water partition coefficient (Wildman–Crippen LogP) is 1.52. The second kappa shape index (κ2) is 7.82. The second-order valence-electron chi connectivity index (χ2n) is 4.60. The van der Waals surface area contributed by atoms with Gasteiger partial charge in [0.2, 0.25) is 5.91 Å². The maximum Gasteiger partial charge on any atom is 0.237 e. The van der Waals surface area contributed by atoms with Crippen molar-refractivity contribution in [2.75, 3.05) is 6.54 Å². The van der Waals surface area contributed by atoms with Crippen LogP contribution in [-0.2, 0) is 11.2 Å². The number of hydrogen-bond donors (Lipinski definition) is 2. The summed E-state index contributed by atoms with van der Waals surface area (Å²) in [6, 6.07) is 4.07. The van der Waals surface area contributed by atoms with Crippen molar-refractivity contribution in [1.82, 2.24) is 15.6 Å². The lowest BCUT2D eigenvalue weighted by Gasteiger charge is -2.17. The van der Waals surface area contributed by atoms with E-state index in [0.29, 0.717) is 0 Å². The third kappa shape index (κ3) is 5.27. The summed E-state index contributed by atoms with van der Waals surface area (Å²) in [6.07, 6.45) is 5.43. The van der Waals surface area contributed by atoms with Crippen molar-refractivity contribution in [3.8, 4) is 0 Å². The zero-order valence-electron chi connectivity index (χ0n) is 11.4. The van der Waals surface area contributed by atoms with Gasteiger partial charge in [0.25, 0.3) is 0 Å². The van der Waals surface area contributed by atoms with E-state index in [4.69, 9.17) is 0 Å². The van der Waals surface area contributed by atoms with Crippen LogP contribution >= 0.6 is 0 Å². The largest absolute Gasteiger partial charge is 0.352 e. The normalized spacial score (nSPS) is 13.9. The molecule has 0 spiro atoms. The van der Waals surface area contributed by atoms with Gasteiger partial charge in [-0.3, -0.25) is 9.78 Å². The number of nitrogens with zero attached hydrogens (tertiary/aromatic N) is 1. The van der Waals surface area contributed by atoms with Crippen LogP contribution in [0.2, 0.25) is 0 Å². The molecule has 1 rings (SSSR count). The van der Waals surface area contributed by atoms with E-state index in [-0.39, 0.29) is 18.0 Å². The van der Waals surface area contributed by atoms with Gasteiger partial charge in [-0.25, -0.2) is 0 Å². The van der Waals surface area contributed by atoms with Crippen LogP contribution in [0.15, 0.2) is 24.5 Å². The van der Waals surface area contributed by atoms with Crippen LogP contribution in [0.1, 0.15) is 32.8 Å². The van der Waals surface area contributed by atoms with Crippen molar-refractivity contribution >= 4 is 5.91 Å². The van der Waals surface area contributed by atoms with E-state index < -0.39 is 0 Å². The molecular weight excluding hydrogens is 226 g/mol. The summed E-state index contributed by atoms with van der Waals surface area (Å²) < 4.78 is 0. The minimum Gasteiger partial charge on any atom is -0.352 e. The van der Waals surface area contributed by atoms with E-state index in [1.54, 1.807) is 12.4 Å². The Kier molecular flexibility index (Phi) is 6.36. The number of carbonyl (C=O) groups excluding carboxylic acids is 1. The number of pyridine rings is 1. The Morgan fingerprint density at radius 2 is 2.00 bits per heavy atom. The summed E-state index contributed by atoms with van der Waals surface area (Å²) >= 11 is 0. The Hall–Kier alpha value is -1.42. The molecule has 18 heavy (non-hydrogen) atoms. The molecule has 2 atom stereocenters. The maximum absolute atomic E-state index is 11.8. The van der Waals surface area contributed by atoms with Gasteiger partial charge < -0.3 is 10.6 Å². The van der Waals surface area contributed by atoms with E-state index in [2.05, 4.69) is 22.5 Å². The molecule has 0 aromatic carbocycles. The van der Waals surface area contributed by atoms with Crippen LogP contribution < -0.4 is 10.6 Å². The van der Waals surface area contributed by atoms with Crippen molar-refractivity contribution in [2.45, 2.75) is 45.7 Å². The summed E-state index contributed by atoms with van der Waals surface area (Å²) in [7, 11) is 0. The van der Waals surface area contributed by atoms with E-state index in [1.165, 1.54) is 5.56 Å².